The SMILES string of the molecule is CCCC(CNC(=O)N1CCOCC1C(N)=O)C(=O)O. The van der Waals surface area contributed by atoms with Crippen molar-refractivity contribution in [3.8, 4) is 0 Å². The molecule has 1 fully saturated rings. The third-order valence-electron chi connectivity index (χ3n) is 3.20. The fraction of sp³-hybridized carbons (Fsp3) is 0.750. The van der Waals surface area contributed by atoms with Gasteiger partial charge in [-0.3, -0.25) is 9.59 Å². The lowest BCUT2D eigenvalue weighted by Crippen LogP contribution is -2.57. The monoisotopic (exact) mass is 287 g/mol. The normalized spacial score (nSPS) is 20.2. The van der Waals surface area contributed by atoms with Gasteiger partial charge in [0.05, 0.1) is 19.1 Å². The number of nitrogens with one attached hydrogen (secondary N) is 1. The fourth-order valence-corrected chi connectivity index (χ4v) is 2.06. The van der Waals surface area contributed by atoms with Crippen molar-refractivity contribution in [2.45, 2.75) is 25.8 Å². The fourth-order valence-electron chi connectivity index (χ4n) is 2.06. The molecule has 0 bridgehead atoms. The van der Waals surface area contributed by atoms with Crippen LogP contribution in [0.4, 0.5) is 4.79 Å². The summed E-state index contributed by atoms with van der Waals surface area (Å²) in [7, 11) is 0. The molecule has 3 amide bonds. The zero-order valence-electron chi connectivity index (χ0n) is 11.5. The van der Waals surface area contributed by atoms with Gasteiger partial charge in [-0.25, -0.2) is 4.79 Å². The van der Waals surface area contributed by atoms with E-state index in [9.17, 15) is 14.4 Å². The van der Waals surface area contributed by atoms with Gasteiger partial charge < -0.3 is 25.8 Å². The van der Waals surface area contributed by atoms with Crippen LogP contribution in [0.25, 0.3) is 0 Å². The van der Waals surface area contributed by atoms with Crippen LogP contribution in [-0.2, 0) is 14.3 Å². The molecule has 20 heavy (non-hydrogen) atoms. The summed E-state index contributed by atoms with van der Waals surface area (Å²) in [5.74, 6) is -2.21. The summed E-state index contributed by atoms with van der Waals surface area (Å²) in [4.78, 5) is 35.5. The number of carbonyl (C=O) groups excluding carboxylic acids is 2. The maximum Gasteiger partial charge on any atom is 0.318 e. The van der Waals surface area contributed by atoms with Crippen LogP contribution in [0.2, 0.25) is 0 Å². The summed E-state index contributed by atoms with van der Waals surface area (Å²) >= 11 is 0. The van der Waals surface area contributed by atoms with Gasteiger partial charge in [-0.15, -0.1) is 0 Å². The molecular formula is C12H21N3O5. The molecule has 2 unspecified atom stereocenters. The number of nitrogens with two attached hydrogens (primary N) is 1. The van der Waals surface area contributed by atoms with E-state index in [4.69, 9.17) is 15.6 Å². The van der Waals surface area contributed by atoms with Crippen LogP contribution in [0.15, 0.2) is 0 Å². The minimum absolute atomic E-state index is 0.0326. The second kappa shape index (κ2) is 7.68. The molecule has 0 aromatic rings. The average molecular weight is 287 g/mol. The lowest BCUT2D eigenvalue weighted by atomic mass is 10.0. The van der Waals surface area contributed by atoms with E-state index in [2.05, 4.69) is 5.32 Å². The first-order valence-corrected chi connectivity index (χ1v) is 6.61. The van der Waals surface area contributed by atoms with Crippen molar-refractivity contribution in [1.29, 1.82) is 0 Å². The molecule has 0 spiro atoms. The molecule has 1 rings (SSSR count). The first kappa shape index (κ1) is 16.2. The van der Waals surface area contributed by atoms with E-state index in [0.717, 1.165) is 0 Å². The van der Waals surface area contributed by atoms with E-state index in [1.807, 2.05) is 6.92 Å². The molecule has 4 N–H and O–H groups in total. The van der Waals surface area contributed by atoms with Crippen LogP contribution in [0.5, 0.6) is 0 Å². The number of rotatable bonds is 6. The van der Waals surface area contributed by atoms with Crippen LogP contribution in [0.1, 0.15) is 19.8 Å². The number of aliphatic carboxylic acids is 1. The molecule has 0 aromatic carbocycles. The predicted molar refractivity (Wildman–Crippen MR) is 69.9 cm³/mol. The predicted octanol–water partition coefficient (Wildman–Crippen LogP) is -0.617. The number of nitrogens with zero attached hydrogens (tertiary/aromatic N) is 1. The molecular weight excluding hydrogens is 266 g/mol. The van der Waals surface area contributed by atoms with E-state index in [1.165, 1.54) is 4.90 Å². The maximum absolute atomic E-state index is 12.0. The zero-order chi connectivity index (χ0) is 15.1. The van der Waals surface area contributed by atoms with Gasteiger partial charge in [0.1, 0.15) is 6.04 Å². The number of urea groups is 1. The summed E-state index contributed by atoms with van der Waals surface area (Å²) in [6, 6.07) is -1.29. The number of primary amides is 1. The Morgan fingerprint density at radius 1 is 1.50 bits per heavy atom. The van der Waals surface area contributed by atoms with E-state index >= 15 is 0 Å². The second-order valence-corrected chi connectivity index (χ2v) is 4.70. The molecule has 8 heteroatoms. The van der Waals surface area contributed by atoms with Gasteiger partial charge in [0.25, 0.3) is 0 Å². The van der Waals surface area contributed by atoms with Crippen molar-refractivity contribution < 1.29 is 24.2 Å². The van der Waals surface area contributed by atoms with Crippen LogP contribution < -0.4 is 11.1 Å². The van der Waals surface area contributed by atoms with E-state index in [0.29, 0.717) is 19.4 Å². The Labute approximate surface area is 117 Å². The van der Waals surface area contributed by atoms with Gasteiger partial charge in [0.2, 0.25) is 5.91 Å². The van der Waals surface area contributed by atoms with Crippen molar-refractivity contribution in [2.75, 3.05) is 26.3 Å². The number of ether oxygens (including phenoxy) is 1. The minimum Gasteiger partial charge on any atom is -0.481 e. The Morgan fingerprint density at radius 2 is 2.20 bits per heavy atom. The van der Waals surface area contributed by atoms with Gasteiger partial charge in [0.15, 0.2) is 0 Å². The lowest BCUT2D eigenvalue weighted by molar-refractivity contribution is -0.141. The van der Waals surface area contributed by atoms with E-state index < -0.39 is 29.9 Å². The number of carbonyl (C=O) groups is 3. The van der Waals surface area contributed by atoms with Crippen molar-refractivity contribution in [3.05, 3.63) is 0 Å². The van der Waals surface area contributed by atoms with Gasteiger partial charge in [0, 0.05) is 13.1 Å². The molecule has 0 aliphatic carbocycles. The number of carboxylic acids is 1. The Morgan fingerprint density at radius 3 is 2.75 bits per heavy atom. The lowest BCUT2D eigenvalue weighted by Gasteiger charge is -2.33. The molecule has 1 aliphatic heterocycles. The van der Waals surface area contributed by atoms with E-state index in [1.54, 1.807) is 0 Å². The highest BCUT2D eigenvalue weighted by Crippen LogP contribution is 2.09. The average Bonchev–Trinajstić information content (AvgIpc) is 2.42. The molecule has 1 saturated heterocycles. The van der Waals surface area contributed by atoms with Crippen LogP contribution in [0.3, 0.4) is 0 Å². The highest BCUT2D eigenvalue weighted by Gasteiger charge is 2.31. The molecule has 1 aliphatic rings. The number of hydrogen-bond donors (Lipinski definition) is 3. The standard InChI is InChI=1S/C12H21N3O5/c1-2-3-8(11(17)18)6-14-12(19)15-4-5-20-7-9(15)10(13)16/h8-9H,2-7H2,1H3,(H2,13,16)(H,14,19)(H,17,18). The summed E-state index contributed by atoms with van der Waals surface area (Å²) in [6.07, 6.45) is 1.20. The summed E-state index contributed by atoms with van der Waals surface area (Å²) in [5.41, 5.74) is 5.21. The summed E-state index contributed by atoms with van der Waals surface area (Å²) in [5, 5.41) is 11.6. The van der Waals surface area contributed by atoms with Crippen molar-refractivity contribution in [2.24, 2.45) is 11.7 Å². The van der Waals surface area contributed by atoms with Crippen LogP contribution >= 0.6 is 0 Å². The summed E-state index contributed by atoms with van der Waals surface area (Å²) < 4.78 is 5.11. The van der Waals surface area contributed by atoms with Gasteiger partial charge in [-0.05, 0) is 6.42 Å². The van der Waals surface area contributed by atoms with Crippen molar-refractivity contribution in [3.63, 3.8) is 0 Å². The molecule has 1 heterocycles. The van der Waals surface area contributed by atoms with Gasteiger partial charge in [-0.1, -0.05) is 13.3 Å². The third-order valence-corrected chi connectivity index (χ3v) is 3.20. The molecule has 0 aromatic heterocycles. The Hall–Kier alpha value is -1.83. The smallest absolute Gasteiger partial charge is 0.318 e. The third kappa shape index (κ3) is 4.37. The number of amides is 3. The van der Waals surface area contributed by atoms with Gasteiger partial charge in [-0.2, -0.15) is 0 Å². The largest absolute Gasteiger partial charge is 0.481 e. The second-order valence-electron chi connectivity index (χ2n) is 4.70. The molecule has 114 valence electrons. The van der Waals surface area contributed by atoms with Crippen molar-refractivity contribution in [1.82, 2.24) is 10.2 Å². The summed E-state index contributed by atoms with van der Waals surface area (Å²) in [6.45, 7) is 2.56. The number of morpholine rings is 1. The topological polar surface area (TPSA) is 122 Å². The molecule has 2 atom stereocenters. The number of carboxylic acid groups (broad SMARTS) is 1. The maximum atomic E-state index is 12.0. The first-order valence-electron chi connectivity index (χ1n) is 6.61. The van der Waals surface area contributed by atoms with Gasteiger partial charge >= 0.3 is 12.0 Å². The highest BCUT2D eigenvalue weighted by molar-refractivity contribution is 5.86. The Balaban J connectivity index is 2.55. The van der Waals surface area contributed by atoms with Crippen molar-refractivity contribution >= 4 is 17.9 Å². The Kier molecular flexibility index (Phi) is 6.23. The highest BCUT2D eigenvalue weighted by atomic mass is 16.5. The van der Waals surface area contributed by atoms with E-state index in [-0.39, 0.29) is 19.7 Å². The first-order chi connectivity index (χ1) is 9.47. The van der Waals surface area contributed by atoms with Crippen LogP contribution in [-0.4, -0.2) is 60.3 Å². The minimum atomic E-state index is -0.944. The molecule has 0 saturated carbocycles. The van der Waals surface area contributed by atoms with Crippen LogP contribution in [0, 0.1) is 5.92 Å². The Bertz CT molecular complexity index is 374. The number of hydrogen-bond acceptors (Lipinski definition) is 4. The zero-order valence-corrected chi connectivity index (χ0v) is 11.5. The quantitative estimate of drug-likeness (QED) is 0.601. The molecule has 0 radical (unpaired) electrons. The molecule has 8 nitrogen and oxygen atoms in total.